The van der Waals surface area contributed by atoms with Crippen molar-refractivity contribution in [3.8, 4) is 22.4 Å². The van der Waals surface area contributed by atoms with Crippen molar-refractivity contribution in [2.45, 2.75) is 110 Å². The van der Waals surface area contributed by atoms with Crippen molar-refractivity contribution >= 4 is 41.4 Å². The van der Waals surface area contributed by atoms with E-state index in [4.69, 9.17) is 9.47 Å². The third-order valence-corrected chi connectivity index (χ3v) is 13.4. The normalized spacial score (nSPS) is 18.2. The number of ether oxygens (including phenoxy) is 2. The van der Waals surface area contributed by atoms with Crippen LogP contribution in [0.1, 0.15) is 94.7 Å². The van der Waals surface area contributed by atoms with E-state index in [2.05, 4.69) is 22.3 Å². The van der Waals surface area contributed by atoms with E-state index in [1.165, 1.54) is 27.8 Å². The molecule has 2 N–H and O–H groups in total. The van der Waals surface area contributed by atoms with Crippen molar-refractivity contribution in [1.29, 1.82) is 0 Å². The average Bonchev–Trinajstić information content (AvgIpc) is 4.13. The highest BCUT2D eigenvalue weighted by molar-refractivity contribution is 5.96. The number of likely N-dealkylation sites (tertiary alicyclic amines) is 1. The van der Waals surface area contributed by atoms with Gasteiger partial charge in [-0.1, -0.05) is 52.5 Å². The standard InChI is InChI=1S/C46H57F5N6O5.C8H11NO2/c1-28(2)40(55(5)6)43(59)54-36(44(60)57-17-8-7-16-53-57)21-29-19-31(22-32(20-29)42(47)48)30-13-14-37-34(23-30)35(24-45(3,4)26-61-27-58)41(56(37)25-46(49,50)51)33-11-9-15-52-39(33)38-12-10-18-62-38;1-2-8(11)9-4-3-7(5-9)6-10/h9,11,13-15,19-20,22-23,27-28,36,38,40,42,53H,7-8,10,12,16-18,21,24-26H2,1-6H3,(H,54,59);2,6-7H,1,3-5H2. The Morgan fingerprint density at radius 1 is 1.01 bits per heavy atom. The molecule has 3 fully saturated rings. The lowest BCUT2D eigenvalue weighted by Crippen LogP contribution is -2.58. The lowest BCUT2D eigenvalue weighted by molar-refractivity contribution is -0.141. The van der Waals surface area contributed by atoms with Crippen LogP contribution in [0.5, 0.6) is 0 Å². The second kappa shape index (κ2) is 24.8. The molecule has 3 amide bonds. The molecule has 4 unspecified atom stereocenters. The van der Waals surface area contributed by atoms with Crippen molar-refractivity contribution in [2.24, 2.45) is 17.3 Å². The van der Waals surface area contributed by atoms with Crippen LogP contribution in [-0.4, -0.2) is 127 Å². The van der Waals surface area contributed by atoms with Crippen LogP contribution in [0, 0.1) is 17.3 Å². The van der Waals surface area contributed by atoms with E-state index in [1.807, 2.05) is 27.7 Å². The lowest BCUT2D eigenvalue weighted by Gasteiger charge is -2.33. The van der Waals surface area contributed by atoms with Crippen molar-refractivity contribution < 1.29 is 55.4 Å². The zero-order chi connectivity index (χ0) is 53.2. The number of carbonyl (C=O) groups is 5. The maximum atomic E-state index is 14.8. The summed E-state index contributed by atoms with van der Waals surface area (Å²) < 4.78 is 85.8. The van der Waals surface area contributed by atoms with Crippen molar-refractivity contribution in [1.82, 2.24) is 35.1 Å². The fourth-order valence-electron chi connectivity index (χ4n) is 10.1. The van der Waals surface area contributed by atoms with Crippen LogP contribution < -0.4 is 10.7 Å². The first-order chi connectivity index (χ1) is 34.6. The number of carbonyl (C=O) groups excluding carboxylic acids is 5. The van der Waals surface area contributed by atoms with Gasteiger partial charge in [-0.2, -0.15) is 13.2 Å². The molecule has 0 spiro atoms. The largest absolute Gasteiger partial charge is 0.467 e. The van der Waals surface area contributed by atoms with Gasteiger partial charge < -0.3 is 29.1 Å². The first-order valence-corrected chi connectivity index (χ1v) is 24.8. The number of nitrogens with one attached hydrogen (secondary N) is 2. The summed E-state index contributed by atoms with van der Waals surface area (Å²) in [5.74, 6) is -0.904. The predicted octanol–water partition coefficient (Wildman–Crippen LogP) is 8.42. The van der Waals surface area contributed by atoms with Gasteiger partial charge in [-0.25, -0.2) is 14.2 Å². The molecule has 0 saturated carbocycles. The number of pyridine rings is 1. The van der Waals surface area contributed by atoms with Gasteiger partial charge in [0.1, 0.15) is 25.0 Å². The van der Waals surface area contributed by atoms with Gasteiger partial charge in [0.05, 0.1) is 24.0 Å². The molecule has 14 nitrogen and oxygen atoms in total. The number of fused-ring (bicyclic) bond motifs is 1. The van der Waals surface area contributed by atoms with Crippen molar-refractivity contribution in [3.05, 3.63) is 89.8 Å². The number of hydrogen-bond donors (Lipinski definition) is 2. The summed E-state index contributed by atoms with van der Waals surface area (Å²) in [6, 6.07) is 11.0. The summed E-state index contributed by atoms with van der Waals surface area (Å²) >= 11 is 0. The van der Waals surface area contributed by atoms with E-state index in [0.717, 1.165) is 32.0 Å². The first kappa shape index (κ1) is 56.2. The van der Waals surface area contributed by atoms with Crippen molar-refractivity contribution in [3.63, 3.8) is 0 Å². The Balaban J connectivity index is 0.000000698. The Morgan fingerprint density at radius 2 is 1.78 bits per heavy atom. The van der Waals surface area contributed by atoms with Crippen molar-refractivity contribution in [2.75, 3.05) is 53.5 Å². The quantitative estimate of drug-likeness (QED) is 0.0532. The maximum Gasteiger partial charge on any atom is 0.406 e. The minimum Gasteiger partial charge on any atom is -0.467 e. The van der Waals surface area contributed by atoms with Crippen LogP contribution >= 0.6 is 0 Å². The van der Waals surface area contributed by atoms with Gasteiger partial charge >= 0.3 is 6.18 Å². The smallest absolute Gasteiger partial charge is 0.406 e. The number of alkyl halides is 5. The fraction of sp³-hybridized carbons (Fsp3) is 0.519. The summed E-state index contributed by atoms with van der Waals surface area (Å²) in [4.78, 5) is 68.4. The fourth-order valence-corrected chi connectivity index (χ4v) is 10.1. The Labute approximate surface area is 423 Å². The predicted molar refractivity (Wildman–Crippen MR) is 267 cm³/mol. The molecule has 3 saturated heterocycles. The second-order valence-electron chi connectivity index (χ2n) is 20.4. The van der Waals surface area contributed by atoms with Gasteiger partial charge in [0.25, 0.3) is 18.8 Å². The molecule has 2 aromatic carbocycles. The topological polar surface area (TPSA) is 155 Å². The molecule has 396 valence electrons. The zero-order valence-electron chi connectivity index (χ0n) is 42.5. The van der Waals surface area contributed by atoms with E-state index < -0.39 is 48.7 Å². The molecule has 3 aliphatic rings. The number of hydrogen-bond acceptors (Lipinski definition) is 10. The number of rotatable bonds is 19. The van der Waals surface area contributed by atoms with Gasteiger partial charge in [-0.15, -0.1) is 0 Å². The molecule has 0 bridgehead atoms. The third kappa shape index (κ3) is 14.4. The number of aromatic nitrogens is 2. The number of hydrazine groups is 1. The van der Waals surface area contributed by atoms with Gasteiger partial charge in [0.2, 0.25) is 11.8 Å². The summed E-state index contributed by atoms with van der Waals surface area (Å²) in [5.41, 5.74) is 5.24. The number of aldehydes is 1. The molecular weight excluding hydrogens is 954 g/mol. The number of nitrogens with zero attached hydrogens (tertiary/aromatic N) is 5. The number of halogens is 5. The first-order valence-electron chi connectivity index (χ1n) is 24.8. The van der Waals surface area contributed by atoms with Gasteiger partial charge in [0, 0.05) is 78.8 Å². The SMILES string of the molecule is C=CC(=O)N1CCC(C=O)C1.CC(C)C(C(=O)NC(Cc1cc(-c2ccc3c(c2)c(CC(C)(C)COC=O)c(-c2cccnc2C2CCCO2)n3CC(F)(F)F)cc(C(F)F)c1)C(=O)N1CCCCN1)N(C)C. The molecular formula is C54H68F5N7O7. The minimum absolute atomic E-state index is 0.0250. The summed E-state index contributed by atoms with van der Waals surface area (Å²) in [6.07, 6.45) is -0.293. The van der Waals surface area contributed by atoms with Gasteiger partial charge in [0.15, 0.2) is 0 Å². The molecule has 7 rings (SSSR count). The molecule has 0 radical (unpaired) electrons. The van der Waals surface area contributed by atoms with Crippen LogP contribution in [0.15, 0.2) is 67.4 Å². The minimum atomic E-state index is -4.63. The summed E-state index contributed by atoms with van der Waals surface area (Å²) in [7, 11) is 3.54. The molecule has 2 aromatic heterocycles. The van der Waals surface area contributed by atoms with Gasteiger partial charge in [-0.05, 0) is 117 Å². The summed E-state index contributed by atoms with van der Waals surface area (Å²) in [6.45, 7) is 12.6. The van der Waals surface area contributed by atoms with E-state index in [9.17, 15) is 45.9 Å². The highest BCUT2D eigenvalue weighted by Gasteiger charge is 2.36. The highest BCUT2D eigenvalue weighted by Crippen LogP contribution is 2.44. The zero-order valence-corrected chi connectivity index (χ0v) is 42.5. The van der Waals surface area contributed by atoms with Gasteiger partial charge in [-0.3, -0.25) is 34.1 Å². The van der Waals surface area contributed by atoms with Crippen LogP contribution in [0.4, 0.5) is 22.0 Å². The number of amides is 3. The molecule has 3 aliphatic heterocycles. The number of likely N-dealkylation sites (N-methyl/N-ethyl adjacent to an activating group) is 1. The Hall–Kier alpha value is -6.05. The summed E-state index contributed by atoms with van der Waals surface area (Å²) in [5, 5.41) is 4.85. The van der Waals surface area contributed by atoms with Crippen LogP contribution in [-0.2, 0) is 52.8 Å². The van der Waals surface area contributed by atoms with Crippen LogP contribution in [0.3, 0.4) is 0 Å². The monoisotopic (exact) mass is 1020 g/mol. The maximum absolute atomic E-state index is 14.8. The molecule has 0 aliphatic carbocycles. The molecule has 4 atom stereocenters. The van der Waals surface area contributed by atoms with Crippen LogP contribution in [0.2, 0.25) is 0 Å². The molecule has 5 heterocycles. The van der Waals surface area contributed by atoms with E-state index >= 15 is 0 Å². The Bertz CT molecular complexity index is 2580. The van der Waals surface area contributed by atoms with E-state index in [0.29, 0.717) is 84.6 Å². The Kier molecular flexibility index (Phi) is 19.1. The van der Waals surface area contributed by atoms with Crippen LogP contribution in [0.25, 0.3) is 33.3 Å². The molecule has 4 aromatic rings. The lowest BCUT2D eigenvalue weighted by atomic mass is 9.84. The number of benzene rings is 2. The molecule has 19 heteroatoms. The Morgan fingerprint density at radius 3 is 2.38 bits per heavy atom. The average molecular weight is 1020 g/mol. The second-order valence-corrected chi connectivity index (χ2v) is 20.4. The van der Waals surface area contributed by atoms with E-state index in [-0.39, 0.29) is 59.9 Å². The van der Waals surface area contributed by atoms with E-state index in [1.54, 1.807) is 66.5 Å². The molecule has 73 heavy (non-hydrogen) atoms. The third-order valence-electron chi connectivity index (χ3n) is 13.4. The highest BCUT2D eigenvalue weighted by atomic mass is 19.4.